The number of amides is 2. The van der Waals surface area contributed by atoms with Gasteiger partial charge in [0, 0.05) is 51.4 Å². The molecular weight excluding hydrogens is 821 g/mol. The first-order valence-corrected chi connectivity index (χ1v) is 22.0. The maximum Gasteiger partial charge on any atom is 0.291 e. The van der Waals surface area contributed by atoms with Crippen molar-refractivity contribution in [2.24, 2.45) is 0 Å². The quantitative estimate of drug-likeness (QED) is 0.0728. The molecule has 63 heavy (non-hydrogen) atoms. The maximum absolute atomic E-state index is 13.5. The van der Waals surface area contributed by atoms with Crippen LogP contribution in [-0.2, 0) is 9.59 Å². The van der Waals surface area contributed by atoms with Crippen LogP contribution in [0.3, 0.4) is 0 Å². The van der Waals surface area contributed by atoms with Crippen molar-refractivity contribution < 1.29 is 29.6 Å². The summed E-state index contributed by atoms with van der Waals surface area (Å²) in [5.74, 6) is -0.629. The van der Waals surface area contributed by atoms with Crippen molar-refractivity contribution in [3.05, 3.63) is 127 Å². The molecule has 2 heterocycles. The molecule has 4 aromatic rings. The van der Waals surface area contributed by atoms with Crippen LogP contribution in [0.4, 0.5) is 11.4 Å². The zero-order chi connectivity index (χ0) is 45.5. The van der Waals surface area contributed by atoms with Gasteiger partial charge in [0.05, 0.1) is 56.1 Å². The van der Waals surface area contributed by atoms with E-state index in [0.717, 1.165) is 22.9 Å². The summed E-state index contributed by atoms with van der Waals surface area (Å²) in [5.41, 5.74) is 3.80. The van der Waals surface area contributed by atoms with E-state index in [1.165, 1.54) is 12.2 Å². The summed E-state index contributed by atoms with van der Waals surface area (Å²) >= 11 is 0.923. The fourth-order valence-corrected chi connectivity index (χ4v) is 9.40. The highest BCUT2D eigenvalue weighted by Crippen LogP contribution is 2.50. The molecule has 2 fully saturated rings. The third-order valence-corrected chi connectivity index (χ3v) is 13.1. The van der Waals surface area contributed by atoms with Crippen LogP contribution in [-0.4, -0.2) is 130 Å². The number of nitro benzene ring substituents is 2. The van der Waals surface area contributed by atoms with Crippen LogP contribution in [0.15, 0.2) is 94.7 Å². The summed E-state index contributed by atoms with van der Waals surface area (Å²) in [6.07, 6.45) is 5.98. The predicted octanol–water partition coefficient (Wildman–Crippen LogP) is 7.53. The number of hydrogen-bond acceptors (Lipinski definition) is 11. The monoisotopic (exact) mass is 876 g/mol. The lowest BCUT2D eigenvalue weighted by molar-refractivity contribution is -0.387. The first kappa shape index (κ1) is 46.8. The predicted molar refractivity (Wildman–Crippen MR) is 248 cm³/mol. The van der Waals surface area contributed by atoms with Crippen molar-refractivity contribution in [2.45, 2.75) is 61.4 Å². The average molecular weight is 877 g/mol. The third kappa shape index (κ3) is 10.4. The highest BCUT2D eigenvalue weighted by atomic mass is 32.2. The minimum absolute atomic E-state index is 0.0270. The zero-order valence-electron chi connectivity index (χ0n) is 36.6. The lowest BCUT2D eigenvalue weighted by atomic mass is 9.89. The summed E-state index contributed by atoms with van der Waals surface area (Å²) in [7, 11) is 3.79. The van der Waals surface area contributed by atoms with Gasteiger partial charge in [-0.25, -0.2) is 0 Å². The van der Waals surface area contributed by atoms with Crippen LogP contribution in [0, 0.1) is 20.2 Å². The van der Waals surface area contributed by atoms with Crippen molar-refractivity contribution >= 4 is 47.1 Å². The van der Waals surface area contributed by atoms with Crippen molar-refractivity contribution in [3.63, 3.8) is 0 Å². The fourth-order valence-electron chi connectivity index (χ4n) is 8.34. The second-order valence-corrected chi connectivity index (χ2v) is 17.8. The molecule has 2 aliphatic heterocycles. The van der Waals surface area contributed by atoms with Gasteiger partial charge in [-0.15, -0.1) is 0 Å². The van der Waals surface area contributed by atoms with E-state index in [1.807, 2.05) is 88.0 Å². The van der Waals surface area contributed by atoms with Crippen LogP contribution in [0.25, 0.3) is 34.4 Å². The number of nitrogens with zero attached hydrogens (tertiary/aromatic N) is 6. The summed E-state index contributed by atoms with van der Waals surface area (Å²) in [4.78, 5) is 60.6. The normalized spacial score (nSPS) is 17.7. The van der Waals surface area contributed by atoms with Crippen molar-refractivity contribution in [3.8, 4) is 22.3 Å². The minimum atomic E-state index is -0.469. The van der Waals surface area contributed by atoms with Crippen LogP contribution >= 0.6 is 11.8 Å². The van der Waals surface area contributed by atoms with Crippen molar-refractivity contribution in [1.29, 1.82) is 0 Å². The van der Waals surface area contributed by atoms with E-state index in [-0.39, 0.29) is 81.2 Å². The Morgan fingerprint density at radius 1 is 0.651 bits per heavy atom. The minimum Gasteiger partial charge on any atom is -0.395 e. The van der Waals surface area contributed by atoms with Crippen molar-refractivity contribution in [2.75, 3.05) is 66.6 Å². The van der Waals surface area contributed by atoms with Crippen LogP contribution in [0.1, 0.15) is 61.8 Å². The Balaban J connectivity index is 1.50. The molecule has 4 aromatic carbocycles. The third-order valence-electron chi connectivity index (χ3n) is 12.0. The van der Waals surface area contributed by atoms with E-state index >= 15 is 0 Å². The number of aliphatic hydroxyl groups is 2. The molecule has 2 amide bonds. The number of nitro groups is 2. The number of carbonyl (C=O) groups is 2. The summed E-state index contributed by atoms with van der Waals surface area (Å²) in [6.45, 7) is 10.5. The molecule has 2 atom stereocenters. The Morgan fingerprint density at radius 3 is 1.38 bits per heavy atom. The van der Waals surface area contributed by atoms with E-state index in [4.69, 9.17) is 0 Å². The topological polar surface area (TPSA) is 174 Å². The number of piperazine rings is 2. The maximum atomic E-state index is 13.5. The molecule has 0 spiro atoms. The highest BCUT2D eigenvalue weighted by Gasteiger charge is 2.32. The standard InChI is InChI=1S/C48H56N6O8S/c1-31(2)37-11-7-9-13-39(37)45-33(17-21-43(57)51-25-23-49(5)35(27-51)29-55)15-19-41(47(45)53(59)60)63-42-20-16-34(18-22-44(58)52-26-24-50(6)36(28-52)30-56)46(48(42)54(61)62)40-14-10-8-12-38(40)32(3)4/h7-22,31-32,35-36,55-56H,23-30H2,1-6H3/b21-17+,22-18+. The lowest BCUT2D eigenvalue weighted by Crippen LogP contribution is -2.54. The van der Waals surface area contributed by atoms with Gasteiger partial charge in [0.1, 0.15) is 0 Å². The van der Waals surface area contributed by atoms with E-state index in [9.17, 15) is 40.0 Å². The van der Waals surface area contributed by atoms with E-state index in [2.05, 4.69) is 0 Å². The Morgan fingerprint density at radius 2 is 1.03 bits per heavy atom. The van der Waals surface area contributed by atoms with Gasteiger partial charge in [0.15, 0.2) is 0 Å². The van der Waals surface area contributed by atoms with Gasteiger partial charge in [-0.05, 0) is 83.6 Å². The first-order valence-electron chi connectivity index (χ1n) is 21.2. The number of likely N-dealkylation sites (N-methyl/N-ethyl adjacent to an activating group) is 2. The van der Waals surface area contributed by atoms with E-state index < -0.39 is 9.85 Å². The van der Waals surface area contributed by atoms with Gasteiger partial charge in [0.2, 0.25) is 11.8 Å². The molecule has 0 radical (unpaired) electrons. The first-order chi connectivity index (χ1) is 30.1. The van der Waals surface area contributed by atoms with Gasteiger partial charge in [0.25, 0.3) is 11.4 Å². The molecule has 0 aliphatic carbocycles. The molecule has 15 heteroatoms. The van der Waals surface area contributed by atoms with Gasteiger partial charge >= 0.3 is 0 Å². The van der Waals surface area contributed by atoms with Crippen LogP contribution in [0.2, 0.25) is 0 Å². The van der Waals surface area contributed by atoms with Crippen LogP contribution in [0.5, 0.6) is 0 Å². The van der Waals surface area contributed by atoms with Gasteiger partial charge in [-0.3, -0.25) is 39.6 Å². The van der Waals surface area contributed by atoms with Crippen LogP contribution < -0.4 is 0 Å². The molecule has 0 saturated carbocycles. The Bertz CT molecular complexity index is 2250. The van der Waals surface area contributed by atoms with Gasteiger partial charge < -0.3 is 20.0 Å². The summed E-state index contributed by atoms with van der Waals surface area (Å²) in [6, 6.07) is 20.9. The SMILES string of the molecule is CC(C)c1ccccc1-c1c(/C=C/C(=O)N2CCN(C)C(CO)C2)ccc(Sc2ccc(/C=C/C(=O)N3CCN(C)C(CO)C3)c(-c3ccccc3C(C)C)c2[N+](=O)[O-])c1[N+](=O)[O-]. The number of rotatable bonds is 14. The molecule has 6 rings (SSSR count). The molecule has 2 saturated heterocycles. The Hall–Kier alpha value is -5.71. The molecule has 332 valence electrons. The molecule has 2 aliphatic rings. The van der Waals surface area contributed by atoms with E-state index in [1.54, 1.807) is 58.4 Å². The molecule has 0 aromatic heterocycles. The Labute approximate surface area is 372 Å². The second kappa shape index (κ2) is 20.6. The molecule has 2 unspecified atom stereocenters. The van der Waals surface area contributed by atoms with Gasteiger partial charge in [-0.1, -0.05) is 100 Å². The molecule has 2 N–H and O–H groups in total. The lowest BCUT2D eigenvalue weighted by Gasteiger charge is -2.38. The largest absolute Gasteiger partial charge is 0.395 e. The number of carbonyl (C=O) groups excluding carboxylic acids is 2. The highest BCUT2D eigenvalue weighted by molar-refractivity contribution is 7.99. The zero-order valence-corrected chi connectivity index (χ0v) is 37.5. The summed E-state index contributed by atoms with van der Waals surface area (Å²) < 4.78 is 0. The van der Waals surface area contributed by atoms with Crippen molar-refractivity contribution in [1.82, 2.24) is 19.6 Å². The smallest absolute Gasteiger partial charge is 0.291 e. The number of hydrogen-bond donors (Lipinski definition) is 2. The van der Waals surface area contributed by atoms with Gasteiger partial charge in [-0.2, -0.15) is 0 Å². The Kier molecular flexibility index (Phi) is 15.3. The second-order valence-electron chi connectivity index (χ2n) is 16.7. The van der Waals surface area contributed by atoms with E-state index in [0.29, 0.717) is 61.5 Å². The molecule has 0 bridgehead atoms. The average Bonchev–Trinajstić information content (AvgIpc) is 3.27. The number of aliphatic hydroxyl groups excluding tert-OH is 2. The number of benzene rings is 4. The summed E-state index contributed by atoms with van der Waals surface area (Å²) in [5, 5.41) is 46.6. The molecule has 14 nitrogen and oxygen atoms in total. The fraction of sp³-hybridized carbons (Fsp3) is 0.375. The molecular formula is C48H56N6O8S.